The summed E-state index contributed by atoms with van der Waals surface area (Å²) in [6.45, 7) is 1.57. The first-order chi connectivity index (χ1) is 18.5. The summed E-state index contributed by atoms with van der Waals surface area (Å²) in [5.74, 6) is 0.646. The number of aliphatic hydroxyl groups excluding tert-OH is 1. The predicted octanol–water partition coefficient (Wildman–Crippen LogP) is 4.73. The Balaban J connectivity index is 1.43. The predicted molar refractivity (Wildman–Crippen MR) is 145 cm³/mol. The van der Waals surface area contributed by atoms with E-state index in [-0.39, 0.29) is 18.2 Å². The fraction of sp³-hybridized carbons (Fsp3) is 0.345. The standard InChI is InChI=1S/C29H32FN7O/c30-27-14-22(5-6-23(27)16-31)28-15-29(33-17-20-3-1-4-25(32)13-20)35-37(28)26-9-7-21(8-10-26)24-18-34-36(19-24)11-2-12-38/h5-10,14-15,18-20,25,38H,1-4,11-13,17,32H2,(H,33,35)/t20?,25-/m0/s1. The van der Waals surface area contributed by atoms with Gasteiger partial charge in [-0.3, -0.25) is 4.68 Å². The number of nitrogens with two attached hydrogens (primary N) is 1. The number of nitrogens with zero attached hydrogens (tertiary/aromatic N) is 5. The first-order valence-corrected chi connectivity index (χ1v) is 13.1. The van der Waals surface area contributed by atoms with Crippen LogP contribution in [0, 0.1) is 23.1 Å². The van der Waals surface area contributed by atoms with Crippen LogP contribution in [0.2, 0.25) is 0 Å². The molecule has 2 heterocycles. The summed E-state index contributed by atoms with van der Waals surface area (Å²) in [6, 6.07) is 16.6. The lowest BCUT2D eigenvalue weighted by molar-refractivity contribution is 0.277. The van der Waals surface area contributed by atoms with Crippen molar-refractivity contribution in [3.63, 3.8) is 0 Å². The molecule has 0 radical (unpaired) electrons. The quantitative estimate of drug-likeness (QED) is 0.298. The SMILES string of the molecule is N#Cc1ccc(-c2cc(NCC3CCC[C@H](N)C3)nn2-c2ccc(-c3cnn(CCCO)c3)cc2)cc1F. The fourth-order valence-electron chi connectivity index (χ4n) is 5.06. The van der Waals surface area contributed by atoms with Crippen molar-refractivity contribution in [3.05, 3.63) is 72.3 Å². The highest BCUT2D eigenvalue weighted by molar-refractivity contribution is 5.68. The number of hydrogen-bond acceptors (Lipinski definition) is 6. The van der Waals surface area contributed by atoms with Crippen molar-refractivity contribution in [3.8, 4) is 34.1 Å². The molecule has 1 fully saturated rings. The molecule has 4 aromatic rings. The van der Waals surface area contributed by atoms with E-state index < -0.39 is 5.82 Å². The molecule has 0 amide bonds. The highest BCUT2D eigenvalue weighted by atomic mass is 19.1. The molecule has 0 bridgehead atoms. The fourth-order valence-corrected chi connectivity index (χ4v) is 5.06. The first kappa shape index (κ1) is 25.6. The molecule has 1 unspecified atom stereocenters. The maximum absolute atomic E-state index is 14.5. The molecule has 5 rings (SSSR count). The van der Waals surface area contributed by atoms with Crippen LogP contribution in [-0.4, -0.2) is 43.9 Å². The number of benzene rings is 2. The van der Waals surface area contributed by atoms with Crippen LogP contribution in [0.15, 0.2) is 60.9 Å². The molecule has 1 saturated carbocycles. The lowest BCUT2D eigenvalue weighted by atomic mass is 9.86. The Morgan fingerprint density at radius 3 is 2.66 bits per heavy atom. The van der Waals surface area contributed by atoms with E-state index >= 15 is 0 Å². The third kappa shape index (κ3) is 5.77. The van der Waals surface area contributed by atoms with Crippen molar-refractivity contribution in [1.82, 2.24) is 19.6 Å². The van der Waals surface area contributed by atoms with E-state index in [9.17, 15) is 4.39 Å². The van der Waals surface area contributed by atoms with Crippen LogP contribution in [-0.2, 0) is 6.54 Å². The van der Waals surface area contributed by atoms with E-state index in [1.807, 2.05) is 53.5 Å². The Labute approximate surface area is 221 Å². The van der Waals surface area contributed by atoms with Gasteiger partial charge in [-0.25, -0.2) is 9.07 Å². The lowest BCUT2D eigenvalue weighted by Crippen LogP contribution is -2.31. The number of hydrogen-bond donors (Lipinski definition) is 3. The Morgan fingerprint density at radius 2 is 1.92 bits per heavy atom. The second-order valence-electron chi connectivity index (χ2n) is 9.92. The third-order valence-corrected chi connectivity index (χ3v) is 7.11. The maximum atomic E-state index is 14.5. The van der Waals surface area contributed by atoms with Gasteiger partial charge < -0.3 is 16.2 Å². The highest BCUT2D eigenvalue weighted by Crippen LogP contribution is 2.30. The van der Waals surface area contributed by atoms with Crippen molar-refractivity contribution in [2.75, 3.05) is 18.5 Å². The topological polar surface area (TPSA) is 118 Å². The van der Waals surface area contributed by atoms with E-state index in [0.717, 1.165) is 54.7 Å². The highest BCUT2D eigenvalue weighted by Gasteiger charge is 2.20. The van der Waals surface area contributed by atoms with Crippen LogP contribution < -0.4 is 11.1 Å². The van der Waals surface area contributed by atoms with Crippen molar-refractivity contribution < 1.29 is 9.50 Å². The lowest BCUT2D eigenvalue weighted by Gasteiger charge is -2.26. The van der Waals surface area contributed by atoms with E-state index in [1.54, 1.807) is 10.7 Å². The molecule has 2 aromatic heterocycles. The van der Waals surface area contributed by atoms with Crippen LogP contribution in [0.4, 0.5) is 10.2 Å². The molecule has 38 heavy (non-hydrogen) atoms. The molecule has 2 atom stereocenters. The number of anilines is 1. The number of aryl methyl sites for hydroxylation is 1. The minimum Gasteiger partial charge on any atom is -0.396 e. The van der Waals surface area contributed by atoms with Gasteiger partial charge in [-0.1, -0.05) is 24.6 Å². The van der Waals surface area contributed by atoms with Gasteiger partial charge in [0.05, 0.1) is 23.1 Å². The van der Waals surface area contributed by atoms with E-state index in [0.29, 0.717) is 30.3 Å². The van der Waals surface area contributed by atoms with E-state index in [1.165, 1.54) is 12.1 Å². The first-order valence-electron chi connectivity index (χ1n) is 13.1. The van der Waals surface area contributed by atoms with Crippen LogP contribution in [0.1, 0.15) is 37.7 Å². The summed E-state index contributed by atoms with van der Waals surface area (Å²) in [6.07, 6.45) is 8.80. The van der Waals surface area contributed by atoms with Crippen LogP contribution in [0.3, 0.4) is 0 Å². The Bertz CT molecular complexity index is 1420. The van der Waals surface area contributed by atoms with Gasteiger partial charge in [0.25, 0.3) is 0 Å². The minimum atomic E-state index is -0.558. The van der Waals surface area contributed by atoms with Gasteiger partial charge in [0.1, 0.15) is 17.7 Å². The molecular weight excluding hydrogens is 481 g/mol. The summed E-state index contributed by atoms with van der Waals surface area (Å²) in [4.78, 5) is 0. The molecule has 1 aliphatic carbocycles. The zero-order chi connectivity index (χ0) is 26.5. The molecule has 0 saturated heterocycles. The van der Waals surface area contributed by atoms with E-state index in [2.05, 4.69) is 10.4 Å². The number of rotatable bonds is 9. The zero-order valence-corrected chi connectivity index (χ0v) is 21.2. The smallest absolute Gasteiger partial charge is 0.149 e. The number of aliphatic hydroxyl groups is 1. The molecular formula is C29H32FN7O. The minimum absolute atomic E-state index is 0.00990. The second kappa shape index (κ2) is 11.6. The molecule has 4 N–H and O–H groups in total. The molecule has 9 heteroatoms. The summed E-state index contributed by atoms with van der Waals surface area (Å²) in [5, 5.41) is 30.9. The third-order valence-electron chi connectivity index (χ3n) is 7.11. The van der Waals surface area contributed by atoms with Gasteiger partial charge in [0.15, 0.2) is 0 Å². The van der Waals surface area contributed by atoms with Gasteiger partial charge >= 0.3 is 0 Å². The van der Waals surface area contributed by atoms with Gasteiger partial charge in [0.2, 0.25) is 0 Å². The molecule has 0 spiro atoms. The zero-order valence-electron chi connectivity index (χ0n) is 21.2. The largest absolute Gasteiger partial charge is 0.396 e. The van der Waals surface area contributed by atoms with E-state index in [4.69, 9.17) is 21.2 Å². The van der Waals surface area contributed by atoms with Crippen molar-refractivity contribution >= 4 is 5.82 Å². The maximum Gasteiger partial charge on any atom is 0.149 e. The Kier molecular flexibility index (Phi) is 7.82. The van der Waals surface area contributed by atoms with Gasteiger partial charge in [-0.2, -0.15) is 10.4 Å². The van der Waals surface area contributed by atoms with Crippen LogP contribution in [0.25, 0.3) is 28.1 Å². The summed E-state index contributed by atoms with van der Waals surface area (Å²) >= 11 is 0. The summed E-state index contributed by atoms with van der Waals surface area (Å²) < 4.78 is 18.1. The average Bonchev–Trinajstić information content (AvgIpc) is 3.58. The Morgan fingerprint density at radius 1 is 1.11 bits per heavy atom. The van der Waals surface area contributed by atoms with Crippen LogP contribution in [0.5, 0.6) is 0 Å². The van der Waals surface area contributed by atoms with Crippen molar-refractivity contribution in [2.45, 2.75) is 44.7 Å². The molecule has 0 aliphatic heterocycles. The number of aromatic nitrogens is 4. The number of nitrogens with one attached hydrogen (secondary N) is 1. The second-order valence-corrected chi connectivity index (χ2v) is 9.92. The van der Waals surface area contributed by atoms with Gasteiger partial charge in [0, 0.05) is 49.1 Å². The molecule has 1 aliphatic rings. The monoisotopic (exact) mass is 513 g/mol. The average molecular weight is 514 g/mol. The van der Waals surface area contributed by atoms with Crippen molar-refractivity contribution in [1.29, 1.82) is 5.26 Å². The van der Waals surface area contributed by atoms with Gasteiger partial charge in [-0.05, 0) is 61.4 Å². The summed E-state index contributed by atoms with van der Waals surface area (Å²) in [7, 11) is 0. The Hall–Kier alpha value is -4.00. The normalized spacial score (nSPS) is 17.3. The molecule has 8 nitrogen and oxygen atoms in total. The van der Waals surface area contributed by atoms with Crippen molar-refractivity contribution in [2.24, 2.45) is 11.7 Å². The number of halogens is 1. The number of nitriles is 1. The molecule has 196 valence electrons. The summed E-state index contributed by atoms with van der Waals surface area (Å²) in [5.41, 5.74) is 10.4. The van der Waals surface area contributed by atoms with Crippen LogP contribution >= 0.6 is 0 Å². The van der Waals surface area contributed by atoms with Gasteiger partial charge in [-0.15, -0.1) is 5.10 Å². The molecule has 2 aromatic carbocycles.